The number of nitrogens with one attached hydrogen (secondary N) is 2. The number of esters is 1. The highest BCUT2D eigenvalue weighted by atomic mass is 16.7. The number of carbonyl (C=O) groups excluding carboxylic acids is 3. The van der Waals surface area contributed by atoms with Gasteiger partial charge in [-0.2, -0.15) is 0 Å². The van der Waals surface area contributed by atoms with Crippen LogP contribution < -0.4 is 20.1 Å². The first kappa shape index (κ1) is 20.0. The van der Waals surface area contributed by atoms with Crippen molar-refractivity contribution in [1.29, 1.82) is 0 Å². The first-order valence-electron chi connectivity index (χ1n) is 9.36. The van der Waals surface area contributed by atoms with E-state index in [9.17, 15) is 14.4 Å². The molecule has 1 aromatic heterocycles. The summed E-state index contributed by atoms with van der Waals surface area (Å²) in [6, 6.07) is 14.3. The third-order valence-corrected chi connectivity index (χ3v) is 4.43. The number of fused-ring (bicyclic) bond motifs is 1. The van der Waals surface area contributed by atoms with Crippen LogP contribution in [0.5, 0.6) is 11.5 Å². The molecule has 9 heteroatoms. The molecule has 4 rings (SSSR count). The van der Waals surface area contributed by atoms with E-state index in [2.05, 4.69) is 10.6 Å². The molecule has 0 saturated heterocycles. The van der Waals surface area contributed by atoms with Crippen molar-refractivity contribution in [3.8, 4) is 11.5 Å². The molecule has 158 valence electrons. The first-order chi connectivity index (χ1) is 15.0. The Balaban J connectivity index is 1.40. The van der Waals surface area contributed by atoms with Gasteiger partial charge in [-0.05, 0) is 43.3 Å². The van der Waals surface area contributed by atoms with Gasteiger partial charge in [0.05, 0.1) is 17.5 Å². The summed E-state index contributed by atoms with van der Waals surface area (Å²) in [6.45, 7) is 1.57. The molecular weight excluding hydrogens is 404 g/mol. The van der Waals surface area contributed by atoms with Gasteiger partial charge in [0.25, 0.3) is 11.8 Å². The second-order valence-electron chi connectivity index (χ2n) is 6.58. The largest absolute Gasteiger partial charge is 0.459 e. The number of ether oxygens (including phenoxy) is 3. The number of hydrogen-bond acceptors (Lipinski definition) is 7. The van der Waals surface area contributed by atoms with Crippen LogP contribution in [-0.2, 0) is 9.53 Å². The third-order valence-electron chi connectivity index (χ3n) is 4.43. The number of para-hydroxylation sites is 1. The predicted octanol–water partition coefficient (Wildman–Crippen LogP) is 3.44. The van der Waals surface area contributed by atoms with Crippen LogP contribution in [0, 0.1) is 0 Å². The van der Waals surface area contributed by atoms with Gasteiger partial charge in [0.2, 0.25) is 6.79 Å². The lowest BCUT2D eigenvalue weighted by Crippen LogP contribution is -2.30. The molecule has 3 aromatic rings. The van der Waals surface area contributed by atoms with Crippen LogP contribution >= 0.6 is 0 Å². The Hall–Kier alpha value is -4.27. The lowest BCUT2D eigenvalue weighted by Gasteiger charge is -2.15. The Morgan fingerprint density at radius 2 is 1.77 bits per heavy atom. The highest BCUT2D eigenvalue weighted by molar-refractivity contribution is 6.07. The van der Waals surface area contributed by atoms with E-state index in [4.69, 9.17) is 18.6 Å². The Morgan fingerprint density at radius 3 is 2.58 bits per heavy atom. The van der Waals surface area contributed by atoms with Crippen molar-refractivity contribution in [2.75, 3.05) is 17.4 Å². The van der Waals surface area contributed by atoms with E-state index in [-0.39, 0.29) is 23.8 Å². The molecule has 1 atom stereocenters. The Kier molecular flexibility index (Phi) is 5.57. The summed E-state index contributed by atoms with van der Waals surface area (Å²) in [7, 11) is 0. The zero-order chi connectivity index (χ0) is 21.8. The van der Waals surface area contributed by atoms with Crippen molar-refractivity contribution in [3.63, 3.8) is 0 Å². The van der Waals surface area contributed by atoms with Crippen LogP contribution in [0.3, 0.4) is 0 Å². The van der Waals surface area contributed by atoms with Gasteiger partial charge in [-0.15, -0.1) is 0 Å². The van der Waals surface area contributed by atoms with Crippen molar-refractivity contribution < 1.29 is 33.0 Å². The minimum absolute atomic E-state index is 0.0969. The SMILES string of the molecule is C[C@@H](OC(=O)c1ccccc1NC(=O)c1ccco1)C(=O)Nc1ccc2c(c1)OCO2. The second-order valence-corrected chi connectivity index (χ2v) is 6.58. The molecule has 2 heterocycles. The first-order valence-corrected chi connectivity index (χ1v) is 9.36. The molecule has 2 N–H and O–H groups in total. The number of hydrogen-bond donors (Lipinski definition) is 2. The van der Waals surface area contributed by atoms with Crippen LogP contribution in [0.2, 0.25) is 0 Å². The lowest BCUT2D eigenvalue weighted by molar-refractivity contribution is -0.123. The van der Waals surface area contributed by atoms with Crippen molar-refractivity contribution in [2.45, 2.75) is 13.0 Å². The molecule has 2 amide bonds. The maximum absolute atomic E-state index is 12.6. The molecule has 0 radical (unpaired) electrons. The normalized spacial score (nSPS) is 12.7. The van der Waals surface area contributed by atoms with Crippen molar-refractivity contribution >= 4 is 29.2 Å². The summed E-state index contributed by atoms with van der Waals surface area (Å²) in [5, 5.41) is 5.26. The molecule has 1 aliphatic heterocycles. The van der Waals surface area contributed by atoms with Crippen LogP contribution in [0.4, 0.5) is 11.4 Å². The molecule has 9 nitrogen and oxygen atoms in total. The number of anilines is 2. The van der Waals surface area contributed by atoms with Gasteiger partial charge < -0.3 is 29.3 Å². The van der Waals surface area contributed by atoms with Crippen molar-refractivity contribution in [2.24, 2.45) is 0 Å². The van der Waals surface area contributed by atoms with Crippen LogP contribution in [0.1, 0.15) is 27.8 Å². The zero-order valence-electron chi connectivity index (χ0n) is 16.4. The van der Waals surface area contributed by atoms with Crippen LogP contribution in [0.15, 0.2) is 65.3 Å². The van der Waals surface area contributed by atoms with Crippen molar-refractivity contribution in [3.05, 3.63) is 72.2 Å². The Morgan fingerprint density at radius 1 is 0.968 bits per heavy atom. The summed E-state index contributed by atoms with van der Waals surface area (Å²) < 4.78 is 20.8. The van der Waals surface area contributed by atoms with Gasteiger partial charge in [-0.3, -0.25) is 9.59 Å². The fourth-order valence-corrected chi connectivity index (χ4v) is 2.86. The molecule has 0 spiro atoms. The van der Waals surface area contributed by atoms with E-state index < -0.39 is 23.9 Å². The number of carbonyl (C=O) groups is 3. The van der Waals surface area contributed by atoms with E-state index in [1.54, 1.807) is 42.5 Å². The highest BCUT2D eigenvalue weighted by Gasteiger charge is 2.23. The summed E-state index contributed by atoms with van der Waals surface area (Å²) >= 11 is 0. The Bertz CT molecular complexity index is 1120. The highest BCUT2D eigenvalue weighted by Crippen LogP contribution is 2.34. The lowest BCUT2D eigenvalue weighted by atomic mass is 10.1. The van der Waals surface area contributed by atoms with E-state index >= 15 is 0 Å². The summed E-state index contributed by atoms with van der Waals surface area (Å²) in [5.74, 6) is -0.596. The number of amides is 2. The zero-order valence-corrected chi connectivity index (χ0v) is 16.4. The minimum atomic E-state index is -1.09. The average Bonchev–Trinajstić information content (AvgIpc) is 3.45. The smallest absolute Gasteiger partial charge is 0.341 e. The van der Waals surface area contributed by atoms with Gasteiger partial charge in [-0.1, -0.05) is 12.1 Å². The maximum Gasteiger partial charge on any atom is 0.341 e. The van der Waals surface area contributed by atoms with Gasteiger partial charge >= 0.3 is 5.97 Å². The van der Waals surface area contributed by atoms with E-state index in [1.165, 1.54) is 25.3 Å². The second kappa shape index (κ2) is 8.62. The number of rotatable bonds is 6. The third kappa shape index (κ3) is 4.50. The number of benzene rings is 2. The van der Waals surface area contributed by atoms with Gasteiger partial charge in [0, 0.05) is 11.8 Å². The Labute approximate surface area is 176 Å². The molecule has 0 fully saturated rings. The molecule has 0 unspecified atom stereocenters. The van der Waals surface area contributed by atoms with E-state index in [1.807, 2.05) is 0 Å². The molecule has 0 aliphatic carbocycles. The molecule has 0 bridgehead atoms. The van der Waals surface area contributed by atoms with E-state index in [0.29, 0.717) is 17.2 Å². The fraction of sp³-hybridized carbons (Fsp3) is 0.136. The molecular formula is C22H18N2O7. The number of furan rings is 1. The standard InChI is InChI=1S/C22H18N2O7/c1-13(20(25)23-14-8-9-17-19(11-14)30-12-29-17)31-22(27)15-5-2-3-6-16(15)24-21(26)18-7-4-10-28-18/h2-11,13H,12H2,1H3,(H,23,25)(H,24,26)/t13-/m1/s1. The molecule has 1 aliphatic rings. The molecule has 31 heavy (non-hydrogen) atoms. The average molecular weight is 422 g/mol. The maximum atomic E-state index is 12.6. The van der Waals surface area contributed by atoms with E-state index in [0.717, 1.165) is 0 Å². The topological polar surface area (TPSA) is 116 Å². The van der Waals surface area contributed by atoms with Crippen LogP contribution in [-0.4, -0.2) is 30.7 Å². The quantitative estimate of drug-likeness (QED) is 0.585. The molecule has 2 aromatic carbocycles. The molecule has 0 saturated carbocycles. The summed E-state index contributed by atoms with van der Waals surface area (Å²) in [6.07, 6.45) is 0.280. The summed E-state index contributed by atoms with van der Waals surface area (Å²) in [5.41, 5.74) is 0.811. The predicted molar refractivity (Wildman–Crippen MR) is 109 cm³/mol. The minimum Gasteiger partial charge on any atom is -0.459 e. The van der Waals surface area contributed by atoms with Gasteiger partial charge in [-0.25, -0.2) is 4.79 Å². The monoisotopic (exact) mass is 422 g/mol. The van der Waals surface area contributed by atoms with Gasteiger partial charge in [0.15, 0.2) is 23.4 Å². The van der Waals surface area contributed by atoms with Gasteiger partial charge in [0.1, 0.15) is 0 Å². The fourth-order valence-electron chi connectivity index (χ4n) is 2.86. The van der Waals surface area contributed by atoms with Crippen LogP contribution in [0.25, 0.3) is 0 Å². The van der Waals surface area contributed by atoms with Crippen molar-refractivity contribution in [1.82, 2.24) is 0 Å². The summed E-state index contributed by atoms with van der Waals surface area (Å²) in [4.78, 5) is 37.3.